The summed E-state index contributed by atoms with van der Waals surface area (Å²) >= 11 is 0. The second kappa shape index (κ2) is 8.21. The minimum absolute atomic E-state index is 0.239. The highest BCUT2D eigenvalue weighted by Gasteiger charge is 2.17. The Labute approximate surface area is 88.3 Å². The standard InChI is InChI=1S/C11H26NO2/c1-4-6-7-10-14-11-12(3,5-2)8-9-13/h13H,4-11H2,1-3H3/q+1. The molecule has 1 atom stereocenters. The van der Waals surface area contributed by atoms with Crippen LogP contribution in [-0.2, 0) is 4.74 Å². The van der Waals surface area contributed by atoms with Crippen molar-refractivity contribution in [2.75, 3.05) is 40.1 Å². The van der Waals surface area contributed by atoms with E-state index < -0.39 is 0 Å². The first-order valence-corrected chi connectivity index (χ1v) is 5.70. The van der Waals surface area contributed by atoms with Crippen molar-refractivity contribution in [3.63, 3.8) is 0 Å². The average molecular weight is 204 g/mol. The number of nitrogens with zero attached hydrogens (tertiary/aromatic N) is 1. The highest BCUT2D eigenvalue weighted by Crippen LogP contribution is 2.02. The van der Waals surface area contributed by atoms with Gasteiger partial charge in [0, 0.05) is 0 Å². The SMILES string of the molecule is CCCCCOC[N+](C)(CC)CCO. The number of aliphatic hydroxyl groups excluding tert-OH is 1. The van der Waals surface area contributed by atoms with Gasteiger partial charge in [0.25, 0.3) is 0 Å². The second-order valence-corrected chi connectivity index (χ2v) is 4.13. The quantitative estimate of drug-likeness (QED) is 0.351. The Kier molecular flexibility index (Phi) is 8.14. The lowest BCUT2D eigenvalue weighted by molar-refractivity contribution is -0.926. The smallest absolute Gasteiger partial charge is 0.182 e. The molecule has 0 amide bonds. The molecule has 0 aliphatic rings. The minimum atomic E-state index is 0.239. The molecule has 3 nitrogen and oxygen atoms in total. The van der Waals surface area contributed by atoms with Crippen LogP contribution in [0.5, 0.6) is 0 Å². The first kappa shape index (κ1) is 13.9. The van der Waals surface area contributed by atoms with Crippen LogP contribution in [0.3, 0.4) is 0 Å². The second-order valence-electron chi connectivity index (χ2n) is 4.13. The largest absolute Gasteiger partial charge is 0.391 e. The number of likely N-dealkylation sites (N-methyl/N-ethyl adjacent to an activating group) is 1. The Balaban J connectivity index is 3.51. The Morgan fingerprint density at radius 1 is 1.21 bits per heavy atom. The molecule has 0 aliphatic heterocycles. The maximum atomic E-state index is 8.90. The summed E-state index contributed by atoms with van der Waals surface area (Å²) in [5.74, 6) is 0. The maximum Gasteiger partial charge on any atom is 0.182 e. The molecule has 0 saturated heterocycles. The zero-order chi connectivity index (χ0) is 10.9. The van der Waals surface area contributed by atoms with E-state index in [0.717, 1.165) is 37.3 Å². The van der Waals surface area contributed by atoms with Crippen LogP contribution in [0.2, 0.25) is 0 Å². The van der Waals surface area contributed by atoms with Crippen LogP contribution in [0, 0.1) is 0 Å². The first-order valence-electron chi connectivity index (χ1n) is 5.70. The van der Waals surface area contributed by atoms with Crippen molar-refractivity contribution in [3.05, 3.63) is 0 Å². The predicted octanol–water partition coefficient (Wildman–Crippen LogP) is 1.61. The van der Waals surface area contributed by atoms with Crippen molar-refractivity contribution in [2.24, 2.45) is 0 Å². The maximum absolute atomic E-state index is 8.90. The molecule has 0 fully saturated rings. The van der Waals surface area contributed by atoms with Gasteiger partial charge in [0.15, 0.2) is 6.73 Å². The molecule has 1 unspecified atom stereocenters. The third-order valence-corrected chi connectivity index (χ3v) is 2.70. The number of quaternary nitrogens is 1. The van der Waals surface area contributed by atoms with Crippen molar-refractivity contribution in [1.82, 2.24) is 0 Å². The van der Waals surface area contributed by atoms with Gasteiger partial charge in [-0.15, -0.1) is 0 Å². The molecule has 0 aromatic rings. The van der Waals surface area contributed by atoms with Crippen LogP contribution >= 0.6 is 0 Å². The number of ether oxygens (including phenoxy) is 1. The molecular formula is C11H26NO2+. The third kappa shape index (κ3) is 6.35. The molecule has 14 heavy (non-hydrogen) atoms. The van der Waals surface area contributed by atoms with E-state index in [0.29, 0.717) is 0 Å². The molecule has 1 N–H and O–H groups in total. The Morgan fingerprint density at radius 2 is 1.93 bits per heavy atom. The van der Waals surface area contributed by atoms with E-state index in [9.17, 15) is 0 Å². The number of rotatable bonds is 9. The van der Waals surface area contributed by atoms with Crippen molar-refractivity contribution >= 4 is 0 Å². The van der Waals surface area contributed by atoms with Crippen LogP contribution in [0.1, 0.15) is 33.1 Å². The molecule has 0 aliphatic carbocycles. The summed E-state index contributed by atoms with van der Waals surface area (Å²) in [6.45, 7) is 7.93. The van der Waals surface area contributed by atoms with E-state index in [2.05, 4.69) is 20.9 Å². The average Bonchev–Trinajstić information content (AvgIpc) is 2.18. The fraction of sp³-hybridized carbons (Fsp3) is 1.00. The lowest BCUT2D eigenvalue weighted by atomic mass is 10.3. The molecule has 0 saturated carbocycles. The Hall–Kier alpha value is -0.120. The fourth-order valence-electron chi connectivity index (χ4n) is 1.29. The van der Waals surface area contributed by atoms with Gasteiger partial charge in [-0.05, 0) is 13.3 Å². The fourth-order valence-corrected chi connectivity index (χ4v) is 1.29. The van der Waals surface area contributed by atoms with Crippen LogP contribution in [0.4, 0.5) is 0 Å². The van der Waals surface area contributed by atoms with Crippen LogP contribution in [-0.4, -0.2) is 49.7 Å². The molecule has 0 bridgehead atoms. The zero-order valence-corrected chi connectivity index (χ0v) is 9.96. The van der Waals surface area contributed by atoms with Gasteiger partial charge in [-0.3, -0.25) is 0 Å². The molecule has 0 aromatic carbocycles. The van der Waals surface area contributed by atoms with E-state index in [1.165, 1.54) is 12.8 Å². The van der Waals surface area contributed by atoms with Gasteiger partial charge in [-0.2, -0.15) is 0 Å². The highest BCUT2D eigenvalue weighted by molar-refractivity contribution is 4.35. The molecule has 0 radical (unpaired) electrons. The zero-order valence-electron chi connectivity index (χ0n) is 9.96. The van der Waals surface area contributed by atoms with Gasteiger partial charge >= 0.3 is 0 Å². The number of unbranched alkanes of at least 4 members (excludes halogenated alkanes) is 2. The lowest BCUT2D eigenvalue weighted by Gasteiger charge is -2.32. The summed E-state index contributed by atoms with van der Waals surface area (Å²) in [4.78, 5) is 0. The van der Waals surface area contributed by atoms with E-state index >= 15 is 0 Å². The van der Waals surface area contributed by atoms with Gasteiger partial charge in [0.2, 0.25) is 0 Å². The predicted molar refractivity (Wildman–Crippen MR) is 59.0 cm³/mol. The topological polar surface area (TPSA) is 29.5 Å². The summed E-state index contributed by atoms with van der Waals surface area (Å²) in [7, 11) is 2.12. The molecule has 0 spiro atoms. The summed E-state index contributed by atoms with van der Waals surface area (Å²) in [5.41, 5.74) is 0. The third-order valence-electron chi connectivity index (χ3n) is 2.70. The van der Waals surface area contributed by atoms with Crippen LogP contribution in [0.25, 0.3) is 0 Å². The van der Waals surface area contributed by atoms with Crippen LogP contribution in [0.15, 0.2) is 0 Å². The minimum Gasteiger partial charge on any atom is -0.391 e. The van der Waals surface area contributed by atoms with E-state index in [-0.39, 0.29) is 6.61 Å². The molecule has 86 valence electrons. The van der Waals surface area contributed by atoms with E-state index in [1.807, 2.05) is 0 Å². The normalized spacial score (nSPS) is 15.4. The molecule has 0 aromatic heterocycles. The number of hydrogen-bond acceptors (Lipinski definition) is 2. The summed E-state index contributed by atoms with van der Waals surface area (Å²) in [5, 5.41) is 8.90. The van der Waals surface area contributed by atoms with Gasteiger partial charge in [0.1, 0.15) is 6.54 Å². The van der Waals surface area contributed by atoms with E-state index in [1.54, 1.807) is 0 Å². The number of aliphatic hydroxyl groups is 1. The molecule has 0 rings (SSSR count). The van der Waals surface area contributed by atoms with Crippen molar-refractivity contribution in [1.29, 1.82) is 0 Å². The van der Waals surface area contributed by atoms with Gasteiger partial charge in [0.05, 0.1) is 26.8 Å². The summed E-state index contributed by atoms with van der Waals surface area (Å²) in [6, 6.07) is 0. The molecular weight excluding hydrogens is 178 g/mol. The monoisotopic (exact) mass is 204 g/mol. The number of hydrogen-bond donors (Lipinski definition) is 1. The van der Waals surface area contributed by atoms with Gasteiger partial charge in [-0.1, -0.05) is 19.8 Å². The van der Waals surface area contributed by atoms with Crippen LogP contribution < -0.4 is 0 Å². The Bertz CT molecular complexity index is 130. The Morgan fingerprint density at radius 3 is 2.43 bits per heavy atom. The lowest BCUT2D eigenvalue weighted by Crippen LogP contribution is -2.47. The van der Waals surface area contributed by atoms with E-state index in [4.69, 9.17) is 9.84 Å². The first-order chi connectivity index (χ1) is 6.68. The van der Waals surface area contributed by atoms with Crippen molar-refractivity contribution in [3.8, 4) is 0 Å². The van der Waals surface area contributed by atoms with Crippen molar-refractivity contribution < 1.29 is 14.3 Å². The van der Waals surface area contributed by atoms with Gasteiger partial charge in [-0.25, -0.2) is 0 Å². The molecule has 0 heterocycles. The van der Waals surface area contributed by atoms with Gasteiger partial charge < -0.3 is 14.3 Å². The highest BCUT2D eigenvalue weighted by atomic mass is 16.5. The van der Waals surface area contributed by atoms with Crippen molar-refractivity contribution in [2.45, 2.75) is 33.1 Å². The molecule has 3 heteroatoms. The summed E-state index contributed by atoms with van der Waals surface area (Å²) < 4.78 is 6.41. The summed E-state index contributed by atoms with van der Waals surface area (Å²) in [6.07, 6.45) is 3.63.